The number of fused-ring (bicyclic) bond motifs is 1. The molecular weight excluding hydrogens is 440 g/mol. The second kappa shape index (κ2) is 8.91. The Morgan fingerprint density at radius 3 is 2.63 bits per heavy atom. The van der Waals surface area contributed by atoms with Gasteiger partial charge in [0.15, 0.2) is 10.3 Å². The summed E-state index contributed by atoms with van der Waals surface area (Å²) < 4.78 is 1.05. The Kier molecular flexibility index (Phi) is 6.08. The van der Waals surface area contributed by atoms with E-state index in [0.29, 0.717) is 27.3 Å². The van der Waals surface area contributed by atoms with Crippen LogP contribution in [0.15, 0.2) is 47.8 Å². The summed E-state index contributed by atoms with van der Waals surface area (Å²) in [4.78, 5) is 33.3. The predicted octanol–water partition coefficient (Wildman–Crippen LogP) is 5.54. The molecule has 0 aliphatic rings. The molecule has 4 rings (SSSR count). The second-order valence-corrected chi connectivity index (χ2v) is 8.97. The van der Waals surface area contributed by atoms with Crippen LogP contribution in [0.3, 0.4) is 0 Å². The van der Waals surface area contributed by atoms with Crippen LogP contribution in [-0.2, 0) is 11.2 Å². The molecule has 6 nitrogen and oxygen atoms in total. The van der Waals surface area contributed by atoms with Crippen molar-refractivity contribution in [3.8, 4) is 0 Å². The Labute approximate surface area is 185 Å². The highest BCUT2D eigenvalue weighted by molar-refractivity contribution is 7.22. The van der Waals surface area contributed by atoms with Gasteiger partial charge in [-0.25, -0.2) is 9.97 Å². The first-order valence-electron chi connectivity index (χ1n) is 9.14. The van der Waals surface area contributed by atoms with Gasteiger partial charge in [0.05, 0.1) is 15.9 Å². The fourth-order valence-corrected chi connectivity index (χ4v) is 4.60. The third kappa shape index (κ3) is 5.02. The van der Waals surface area contributed by atoms with E-state index in [0.717, 1.165) is 21.5 Å². The normalized spacial score (nSPS) is 10.9. The van der Waals surface area contributed by atoms with E-state index in [-0.39, 0.29) is 18.2 Å². The maximum atomic E-state index is 12.3. The second-order valence-electron chi connectivity index (χ2n) is 6.64. The first kappa shape index (κ1) is 20.5. The van der Waals surface area contributed by atoms with E-state index >= 15 is 0 Å². The lowest BCUT2D eigenvalue weighted by Gasteiger charge is -2.02. The fourth-order valence-electron chi connectivity index (χ4n) is 2.76. The summed E-state index contributed by atoms with van der Waals surface area (Å²) in [5.41, 5.74) is 3.29. The lowest BCUT2D eigenvalue weighted by atomic mass is 10.2. The highest BCUT2D eigenvalue weighted by atomic mass is 35.5. The fraction of sp³-hybridized carbons (Fsp3) is 0.143. The number of hydrogen-bond acceptors (Lipinski definition) is 6. The molecule has 152 valence electrons. The lowest BCUT2D eigenvalue weighted by Crippen LogP contribution is -2.13. The Morgan fingerprint density at radius 1 is 1.03 bits per heavy atom. The molecule has 2 N–H and O–H groups in total. The van der Waals surface area contributed by atoms with Crippen LogP contribution in [0.4, 0.5) is 10.3 Å². The molecule has 2 amide bonds. The van der Waals surface area contributed by atoms with Crippen molar-refractivity contribution in [2.45, 2.75) is 19.8 Å². The highest BCUT2D eigenvalue weighted by Gasteiger charge is 2.12. The van der Waals surface area contributed by atoms with Crippen LogP contribution < -0.4 is 10.6 Å². The van der Waals surface area contributed by atoms with Gasteiger partial charge in [-0.2, -0.15) is 0 Å². The summed E-state index contributed by atoms with van der Waals surface area (Å²) in [6.07, 6.45) is 0.756. The molecule has 0 fully saturated rings. The molecule has 0 radical (unpaired) electrons. The van der Waals surface area contributed by atoms with Gasteiger partial charge in [0.1, 0.15) is 0 Å². The summed E-state index contributed by atoms with van der Waals surface area (Å²) in [7, 11) is 0. The molecule has 2 heterocycles. The summed E-state index contributed by atoms with van der Waals surface area (Å²) in [6.45, 7) is 2.03. The maximum Gasteiger partial charge on any atom is 0.257 e. The molecule has 0 atom stereocenters. The zero-order valence-electron chi connectivity index (χ0n) is 15.9. The Balaban J connectivity index is 1.30. The molecule has 0 bridgehead atoms. The molecule has 0 saturated carbocycles. The summed E-state index contributed by atoms with van der Waals surface area (Å²) in [5, 5.41) is 9.11. The van der Waals surface area contributed by atoms with Gasteiger partial charge < -0.3 is 5.32 Å². The molecule has 0 aliphatic heterocycles. The van der Waals surface area contributed by atoms with Crippen molar-refractivity contribution < 1.29 is 9.59 Å². The van der Waals surface area contributed by atoms with Gasteiger partial charge >= 0.3 is 0 Å². The van der Waals surface area contributed by atoms with E-state index < -0.39 is 0 Å². The van der Waals surface area contributed by atoms with Gasteiger partial charge in [-0.05, 0) is 55.3 Å². The molecule has 0 spiro atoms. The number of aryl methyl sites for hydroxylation is 2. The van der Waals surface area contributed by atoms with Crippen LogP contribution in [0.5, 0.6) is 0 Å². The Hall–Kier alpha value is -2.81. The average molecular weight is 457 g/mol. The van der Waals surface area contributed by atoms with Crippen molar-refractivity contribution in [2.24, 2.45) is 0 Å². The zero-order chi connectivity index (χ0) is 21.1. The monoisotopic (exact) mass is 456 g/mol. The van der Waals surface area contributed by atoms with Crippen LogP contribution in [-0.4, -0.2) is 21.8 Å². The molecule has 2 aromatic carbocycles. The van der Waals surface area contributed by atoms with Crippen LogP contribution in [0.1, 0.15) is 28.0 Å². The number of benzene rings is 2. The number of halogens is 1. The molecule has 0 unspecified atom stereocenters. The molecule has 2 aromatic heterocycles. The number of thiazole rings is 2. The van der Waals surface area contributed by atoms with Gasteiger partial charge in [-0.1, -0.05) is 29.0 Å². The Bertz CT molecular complexity index is 1220. The smallest absolute Gasteiger partial charge is 0.257 e. The summed E-state index contributed by atoms with van der Waals surface area (Å²) in [5.74, 6) is -0.373. The van der Waals surface area contributed by atoms with E-state index in [2.05, 4.69) is 26.7 Å². The van der Waals surface area contributed by atoms with Crippen molar-refractivity contribution in [3.05, 3.63) is 69.7 Å². The average Bonchev–Trinajstić information content (AvgIpc) is 3.32. The van der Waals surface area contributed by atoms with E-state index in [1.165, 1.54) is 22.7 Å². The van der Waals surface area contributed by atoms with E-state index in [1.807, 2.05) is 24.4 Å². The zero-order valence-corrected chi connectivity index (χ0v) is 18.3. The number of aromatic nitrogens is 2. The number of nitrogens with one attached hydrogen (secondary N) is 2. The van der Waals surface area contributed by atoms with Crippen LogP contribution in [0.25, 0.3) is 10.2 Å². The highest BCUT2D eigenvalue weighted by Crippen LogP contribution is 2.27. The number of carbonyl (C=O) groups excluding carboxylic acids is 2. The lowest BCUT2D eigenvalue weighted by molar-refractivity contribution is -0.116. The Morgan fingerprint density at radius 2 is 1.83 bits per heavy atom. The predicted molar refractivity (Wildman–Crippen MR) is 123 cm³/mol. The van der Waals surface area contributed by atoms with E-state index in [1.54, 1.807) is 24.3 Å². The number of amides is 2. The van der Waals surface area contributed by atoms with Gasteiger partial charge in [0.25, 0.3) is 5.91 Å². The number of rotatable bonds is 6. The van der Waals surface area contributed by atoms with E-state index in [4.69, 9.17) is 11.6 Å². The van der Waals surface area contributed by atoms with Gasteiger partial charge in [-0.3, -0.25) is 14.9 Å². The molecule has 9 heteroatoms. The van der Waals surface area contributed by atoms with Crippen LogP contribution >= 0.6 is 34.3 Å². The standard InChI is InChI=1S/C21H17ClN4O2S2/c1-12-2-8-16-17(10-12)30-21(24-16)25-18(27)9-7-15-11-29-20(23-15)26-19(28)13-3-5-14(22)6-4-13/h2-6,8,10-11H,7,9H2,1H3,(H,23,26,28)(H,24,25,27). The SMILES string of the molecule is Cc1ccc2nc(NC(=O)CCc3csc(NC(=O)c4ccc(Cl)cc4)n3)sc2c1. The number of hydrogen-bond donors (Lipinski definition) is 2. The van der Waals surface area contributed by atoms with Gasteiger partial charge in [0.2, 0.25) is 5.91 Å². The summed E-state index contributed by atoms with van der Waals surface area (Å²) in [6, 6.07) is 12.6. The van der Waals surface area contributed by atoms with Gasteiger partial charge in [0, 0.05) is 22.4 Å². The first-order valence-corrected chi connectivity index (χ1v) is 11.2. The first-order chi connectivity index (χ1) is 14.5. The largest absolute Gasteiger partial charge is 0.302 e. The quantitative estimate of drug-likeness (QED) is 0.399. The third-order valence-corrected chi connectivity index (χ3v) is 6.27. The number of carbonyl (C=O) groups is 2. The molecule has 0 aliphatic carbocycles. The van der Waals surface area contributed by atoms with Crippen molar-refractivity contribution in [1.82, 2.24) is 9.97 Å². The topological polar surface area (TPSA) is 84.0 Å². The van der Waals surface area contributed by atoms with Crippen molar-refractivity contribution in [1.29, 1.82) is 0 Å². The van der Waals surface area contributed by atoms with Crippen molar-refractivity contribution in [2.75, 3.05) is 10.6 Å². The minimum Gasteiger partial charge on any atom is -0.302 e. The van der Waals surface area contributed by atoms with Crippen molar-refractivity contribution in [3.63, 3.8) is 0 Å². The van der Waals surface area contributed by atoms with Crippen LogP contribution in [0.2, 0.25) is 5.02 Å². The summed E-state index contributed by atoms with van der Waals surface area (Å²) >= 11 is 8.62. The minimum absolute atomic E-state index is 0.120. The van der Waals surface area contributed by atoms with E-state index in [9.17, 15) is 9.59 Å². The maximum absolute atomic E-state index is 12.3. The molecular formula is C21H17ClN4O2S2. The molecule has 30 heavy (non-hydrogen) atoms. The molecule has 0 saturated heterocycles. The van der Waals surface area contributed by atoms with Gasteiger partial charge in [-0.15, -0.1) is 11.3 Å². The number of anilines is 2. The number of nitrogens with zero attached hydrogens (tertiary/aromatic N) is 2. The molecule has 4 aromatic rings. The minimum atomic E-state index is -0.253. The third-order valence-electron chi connectivity index (χ3n) is 4.28. The van der Waals surface area contributed by atoms with Crippen LogP contribution in [0, 0.1) is 6.92 Å². The van der Waals surface area contributed by atoms with Crippen molar-refractivity contribution >= 4 is 66.6 Å².